The molecule has 0 fully saturated rings. The smallest absolute Gasteiger partial charge is 0.306 e. The van der Waals surface area contributed by atoms with E-state index >= 15 is 0 Å². The van der Waals surface area contributed by atoms with Crippen LogP contribution < -0.4 is 0 Å². The van der Waals surface area contributed by atoms with Crippen molar-refractivity contribution >= 4 is 17.9 Å². The Morgan fingerprint density at radius 3 is 0.803 bits per heavy atom. The van der Waals surface area contributed by atoms with Gasteiger partial charge in [-0.15, -0.1) is 0 Å². The highest BCUT2D eigenvalue weighted by Gasteiger charge is 2.19. The summed E-state index contributed by atoms with van der Waals surface area (Å²) in [5.41, 5.74) is 0. The molecule has 0 aromatic rings. The van der Waals surface area contributed by atoms with E-state index in [0.29, 0.717) is 19.3 Å². The summed E-state index contributed by atoms with van der Waals surface area (Å²) in [5.74, 6) is -0.00357. The van der Waals surface area contributed by atoms with Gasteiger partial charge in [0.25, 0.3) is 0 Å². The van der Waals surface area contributed by atoms with Gasteiger partial charge in [-0.1, -0.05) is 272 Å². The maximum absolute atomic E-state index is 12.7. The SMILES string of the molecule is CCCCCCCCCCCCCCCCCCCCC(=O)OC[C@H](COC(=O)CCCCCCCCCCCCCCCC(C)C)OC(=O)CCCCCCCCCCC. The lowest BCUT2D eigenvalue weighted by Gasteiger charge is -2.18. The van der Waals surface area contributed by atoms with Crippen molar-refractivity contribution in [1.82, 2.24) is 0 Å². The Hall–Kier alpha value is -1.59. The number of carbonyl (C=O) groups excluding carboxylic acids is 3. The van der Waals surface area contributed by atoms with Crippen molar-refractivity contribution in [1.29, 1.82) is 0 Å². The van der Waals surface area contributed by atoms with Crippen molar-refractivity contribution < 1.29 is 28.6 Å². The first-order valence-corrected chi connectivity index (χ1v) is 27.4. The van der Waals surface area contributed by atoms with Crippen LogP contribution in [-0.4, -0.2) is 37.2 Å². The Labute approximate surface area is 380 Å². The highest BCUT2D eigenvalue weighted by molar-refractivity contribution is 5.71. The molecule has 0 amide bonds. The fourth-order valence-electron chi connectivity index (χ4n) is 8.39. The average Bonchev–Trinajstić information content (AvgIpc) is 3.24. The van der Waals surface area contributed by atoms with Crippen molar-refractivity contribution in [3.05, 3.63) is 0 Å². The predicted molar refractivity (Wildman–Crippen MR) is 261 cm³/mol. The first-order valence-electron chi connectivity index (χ1n) is 27.4. The Bertz CT molecular complexity index is 918. The monoisotopic (exact) mass is 863 g/mol. The molecule has 6 heteroatoms. The number of hydrogen-bond acceptors (Lipinski definition) is 6. The van der Waals surface area contributed by atoms with Crippen LogP contribution in [0.1, 0.15) is 310 Å². The van der Waals surface area contributed by atoms with Crippen LogP contribution >= 0.6 is 0 Å². The molecular formula is C55H106O6. The summed E-state index contributed by atoms with van der Waals surface area (Å²) in [6, 6.07) is 0. The highest BCUT2D eigenvalue weighted by Crippen LogP contribution is 2.17. The average molecular weight is 863 g/mol. The van der Waals surface area contributed by atoms with E-state index in [9.17, 15) is 14.4 Å². The molecule has 0 unspecified atom stereocenters. The fraction of sp³-hybridized carbons (Fsp3) is 0.945. The summed E-state index contributed by atoms with van der Waals surface area (Å²) in [5, 5.41) is 0. The van der Waals surface area contributed by atoms with Gasteiger partial charge in [-0.3, -0.25) is 14.4 Å². The number of ether oxygens (including phenoxy) is 3. The maximum atomic E-state index is 12.7. The van der Waals surface area contributed by atoms with E-state index in [1.54, 1.807) is 0 Å². The molecule has 0 bridgehead atoms. The lowest BCUT2D eigenvalue weighted by Crippen LogP contribution is -2.30. The second-order valence-electron chi connectivity index (χ2n) is 19.3. The van der Waals surface area contributed by atoms with E-state index in [0.717, 1.165) is 63.7 Å². The van der Waals surface area contributed by atoms with Crippen LogP contribution in [0.4, 0.5) is 0 Å². The van der Waals surface area contributed by atoms with Gasteiger partial charge in [0.15, 0.2) is 6.10 Å². The van der Waals surface area contributed by atoms with E-state index in [-0.39, 0.29) is 31.1 Å². The summed E-state index contributed by atoms with van der Waals surface area (Å²) in [6.07, 6.45) is 52.4. The summed E-state index contributed by atoms with van der Waals surface area (Å²) >= 11 is 0. The minimum atomic E-state index is -0.760. The second kappa shape index (κ2) is 49.4. The lowest BCUT2D eigenvalue weighted by atomic mass is 10.0. The number of carbonyl (C=O) groups is 3. The Morgan fingerprint density at radius 2 is 0.541 bits per heavy atom. The van der Waals surface area contributed by atoms with Crippen molar-refractivity contribution in [2.75, 3.05) is 13.2 Å². The number of unbranched alkanes of at least 4 members (excludes halogenated alkanes) is 37. The van der Waals surface area contributed by atoms with E-state index < -0.39 is 6.10 Å². The van der Waals surface area contributed by atoms with Gasteiger partial charge in [0, 0.05) is 19.3 Å². The highest BCUT2D eigenvalue weighted by atomic mass is 16.6. The molecule has 0 radical (unpaired) electrons. The fourth-order valence-corrected chi connectivity index (χ4v) is 8.39. The first kappa shape index (κ1) is 59.4. The van der Waals surface area contributed by atoms with E-state index in [1.807, 2.05) is 0 Å². The zero-order valence-electron chi connectivity index (χ0n) is 41.6. The molecule has 362 valence electrons. The molecule has 0 heterocycles. The van der Waals surface area contributed by atoms with Gasteiger partial charge in [0.05, 0.1) is 0 Å². The van der Waals surface area contributed by atoms with Crippen LogP contribution in [0.3, 0.4) is 0 Å². The van der Waals surface area contributed by atoms with E-state index in [4.69, 9.17) is 14.2 Å². The zero-order chi connectivity index (χ0) is 44.5. The molecule has 1 atom stereocenters. The molecule has 61 heavy (non-hydrogen) atoms. The molecule has 0 spiro atoms. The first-order chi connectivity index (χ1) is 29.9. The van der Waals surface area contributed by atoms with Crippen LogP contribution in [0.2, 0.25) is 0 Å². The van der Waals surface area contributed by atoms with Crippen molar-refractivity contribution in [3.8, 4) is 0 Å². The van der Waals surface area contributed by atoms with E-state index in [1.165, 1.54) is 205 Å². The summed E-state index contributed by atoms with van der Waals surface area (Å²) in [4.78, 5) is 37.9. The van der Waals surface area contributed by atoms with Crippen molar-refractivity contribution in [3.63, 3.8) is 0 Å². The Kier molecular flexibility index (Phi) is 48.1. The largest absolute Gasteiger partial charge is 0.462 e. The molecule has 0 aliphatic carbocycles. The van der Waals surface area contributed by atoms with Crippen molar-refractivity contribution in [2.24, 2.45) is 5.92 Å². The third-order valence-corrected chi connectivity index (χ3v) is 12.5. The predicted octanol–water partition coefficient (Wildman–Crippen LogP) is 17.8. The van der Waals surface area contributed by atoms with Crippen molar-refractivity contribution in [2.45, 2.75) is 316 Å². The topological polar surface area (TPSA) is 78.9 Å². The molecule has 6 nitrogen and oxygen atoms in total. The van der Waals surface area contributed by atoms with Gasteiger partial charge in [-0.2, -0.15) is 0 Å². The summed E-state index contributed by atoms with van der Waals surface area (Å²) in [7, 11) is 0. The Balaban J connectivity index is 4.20. The number of hydrogen-bond donors (Lipinski definition) is 0. The number of esters is 3. The van der Waals surface area contributed by atoms with Gasteiger partial charge in [-0.05, 0) is 25.2 Å². The van der Waals surface area contributed by atoms with E-state index in [2.05, 4.69) is 27.7 Å². The summed E-state index contributed by atoms with van der Waals surface area (Å²) in [6.45, 7) is 9.03. The molecule has 0 saturated heterocycles. The molecule has 0 N–H and O–H groups in total. The zero-order valence-corrected chi connectivity index (χ0v) is 41.6. The third-order valence-electron chi connectivity index (χ3n) is 12.5. The lowest BCUT2D eigenvalue weighted by molar-refractivity contribution is -0.167. The molecule has 0 aliphatic heterocycles. The minimum Gasteiger partial charge on any atom is -0.462 e. The Morgan fingerprint density at radius 1 is 0.311 bits per heavy atom. The van der Waals surface area contributed by atoms with Crippen LogP contribution in [0.5, 0.6) is 0 Å². The van der Waals surface area contributed by atoms with Gasteiger partial charge < -0.3 is 14.2 Å². The maximum Gasteiger partial charge on any atom is 0.306 e. The molecule has 0 aromatic heterocycles. The van der Waals surface area contributed by atoms with Gasteiger partial charge in [0.1, 0.15) is 13.2 Å². The van der Waals surface area contributed by atoms with Crippen LogP contribution in [0, 0.1) is 5.92 Å². The number of rotatable bonds is 50. The second-order valence-corrected chi connectivity index (χ2v) is 19.3. The van der Waals surface area contributed by atoms with Crippen LogP contribution in [0.25, 0.3) is 0 Å². The summed E-state index contributed by atoms with van der Waals surface area (Å²) < 4.78 is 16.8. The normalized spacial score (nSPS) is 12.0. The van der Waals surface area contributed by atoms with Gasteiger partial charge >= 0.3 is 17.9 Å². The quantitative estimate of drug-likeness (QED) is 0.0344. The van der Waals surface area contributed by atoms with Gasteiger partial charge in [-0.25, -0.2) is 0 Å². The molecular weight excluding hydrogens is 757 g/mol. The molecule has 0 rings (SSSR count). The molecule has 0 aromatic carbocycles. The van der Waals surface area contributed by atoms with Crippen LogP contribution in [0.15, 0.2) is 0 Å². The third kappa shape index (κ3) is 49.3. The standard InChI is InChI=1S/C55H106O6/c1-5-7-9-11-13-15-16-17-18-19-20-21-24-27-31-34-38-42-46-53(56)59-49-52(61-55(58)48-44-40-36-29-14-12-10-8-6-2)50-60-54(57)47-43-39-35-32-28-25-22-23-26-30-33-37-41-45-51(3)4/h51-52H,5-50H2,1-4H3/t52-/m1/s1. The molecule has 0 saturated carbocycles. The minimum absolute atomic E-state index is 0.0625. The molecule has 0 aliphatic rings. The van der Waals surface area contributed by atoms with Crippen LogP contribution in [-0.2, 0) is 28.6 Å². The van der Waals surface area contributed by atoms with Gasteiger partial charge in [0.2, 0.25) is 0 Å².